The van der Waals surface area contributed by atoms with Gasteiger partial charge in [-0.3, -0.25) is 9.48 Å². The van der Waals surface area contributed by atoms with Gasteiger partial charge < -0.3 is 10.4 Å². The molecule has 0 aliphatic rings. The highest BCUT2D eigenvalue weighted by Crippen LogP contribution is 2.22. The predicted octanol–water partition coefficient (Wildman–Crippen LogP) is 3.00. The van der Waals surface area contributed by atoms with E-state index in [0.717, 1.165) is 12.0 Å². The monoisotopic (exact) mass is 329 g/mol. The molecule has 1 atom stereocenters. The summed E-state index contributed by atoms with van der Waals surface area (Å²) in [5.41, 5.74) is 1.16. The summed E-state index contributed by atoms with van der Waals surface area (Å²) in [5, 5.41) is 17.7. The molecule has 24 heavy (non-hydrogen) atoms. The average Bonchev–Trinajstić information content (AvgIpc) is 2.94. The molecule has 0 spiro atoms. The molecule has 1 aromatic heterocycles. The number of aliphatic hydroxyl groups is 1. The van der Waals surface area contributed by atoms with Crippen molar-refractivity contribution in [2.24, 2.45) is 13.0 Å². The number of aromatic nitrogens is 2. The SMILES string of the molecule is CC(C)CCC(C)(O)CNC(=O)c1cn(C)nc1-c1ccccc1. The van der Waals surface area contributed by atoms with Gasteiger partial charge in [-0.1, -0.05) is 44.2 Å². The maximum absolute atomic E-state index is 12.6. The Morgan fingerprint density at radius 3 is 2.62 bits per heavy atom. The minimum atomic E-state index is -0.908. The summed E-state index contributed by atoms with van der Waals surface area (Å²) in [4.78, 5) is 12.6. The summed E-state index contributed by atoms with van der Waals surface area (Å²) >= 11 is 0. The second kappa shape index (κ2) is 7.62. The first kappa shape index (κ1) is 18.2. The fourth-order valence-corrected chi connectivity index (χ4v) is 2.52. The summed E-state index contributed by atoms with van der Waals surface area (Å²) < 4.78 is 1.63. The molecule has 0 aliphatic carbocycles. The van der Waals surface area contributed by atoms with Crippen LogP contribution in [0.5, 0.6) is 0 Å². The standard InChI is InChI=1S/C19H27N3O2/c1-14(2)10-11-19(3,24)13-20-18(23)16-12-22(4)21-17(16)15-8-6-5-7-9-15/h5-9,12,14,24H,10-11,13H2,1-4H3,(H,20,23). The van der Waals surface area contributed by atoms with E-state index in [1.807, 2.05) is 30.3 Å². The van der Waals surface area contributed by atoms with E-state index >= 15 is 0 Å². The third-order valence-corrected chi connectivity index (χ3v) is 4.01. The molecule has 2 aromatic rings. The predicted molar refractivity (Wildman–Crippen MR) is 95.7 cm³/mol. The highest BCUT2D eigenvalue weighted by atomic mass is 16.3. The van der Waals surface area contributed by atoms with Gasteiger partial charge in [0.15, 0.2) is 0 Å². The average molecular weight is 329 g/mol. The van der Waals surface area contributed by atoms with Crippen molar-refractivity contribution in [3.05, 3.63) is 42.1 Å². The smallest absolute Gasteiger partial charge is 0.255 e. The van der Waals surface area contributed by atoms with E-state index in [1.54, 1.807) is 24.9 Å². The molecule has 2 N–H and O–H groups in total. The van der Waals surface area contributed by atoms with Gasteiger partial charge in [0.1, 0.15) is 5.69 Å². The van der Waals surface area contributed by atoms with Crippen LogP contribution in [0, 0.1) is 5.92 Å². The number of rotatable bonds is 7. The van der Waals surface area contributed by atoms with Crippen molar-refractivity contribution in [1.29, 1.82) is 0 Å². The zero-order chi connectivity index (χ0) is 17.7. The summed E-state index contributed by atoms with van der Waals surface area (Å²) in [5.74, 6) is 0.307. The molecule has 0 radical (unpaired) electrons. The van der Waals surface area contributed by atoms with E-state index in [4.69, 9.17) is 0 Å². The van der Waals surface area contributed by atoms with E-state index in [9.17, 15) is 9.90 Å². The Balaban J connectivity index is 2.08. The van der Waals surface area contributed by atoms with Gasteiger partial charge in [0.2, 0.25) is 0 Å². The van der Waals surface area contributed by atoms with Crippen LogP contribution in [0.1, 0.15) is 44.0 Å². The molecule has 5 nitrogen and oxygen atoms in total. The molecule has 0 saturated carbocycles. The molecule has 0 saturated heterocycles. The second-order valence-corrected chi connectivity index (χ2v) is 7.04. The number of hydrogen-bond donors (Lipinski definition) is 2. The van der Waals surface area contributed by atoms with Crippen LogP contribution in [0.15, 0.2) is 36.5 Å². The molecule has 1 aromatic carbocycles. The first-order valence-electron chi connectivity index (χ1n) is 8.38. The zero-order valence-electron chi connectivity index (χ0n) is 14.9. The van der Waals surface area contributed by atoms with Gasteiger partial charge in [-0.05, 0) is 25.7 Å². The molecule has 0 fully saturated rings. The minimum absolute atomic E-state index is 0.216. The lowest BCUT2D eigenvalue weighted by Gasteiger charge is -2.24. The molecule has 1 amide bonds. The second-order valence-electron chi connectivity index (χ2n) is 7.04. The van der Waals surface area contributed by atoms with Crippen molar-refractivity contribution < 1.29 is 9.90 Å². The number of hydrogen-bond acceptors (Lipinski definition) is 3. The Morgan fingerprint density at radius 2 is 2.00 bits per heavy atom. The van der Waals surface area contributed by atoms with Gasteiger partial charge >= 0.3 is 0 Å². The third kappa shape index (κ3) is 4.93. The van der Waals surface area contributed by atoms with E-state index in [-0.39, 0.29) is 12.5 Å². The number of amides is 1. The normalized spacial score (nSPS) is 13.8. The van der Waals surface area contributed by atoms with Gasteiger partial charge in [0.25, 0.3) is 5.91 Å². The summed E-state index contributed by atoms with van der Waals surface area (Å²) in [6, 6.07) is 9.62. The van der Waals surface area contributed by atoms with E-state index in [1.165, 1.54) is 0 Å². The van der Waals surface area contributed by atoms with Crippen LogP contribution < -0.4 is 5.32 Å². The summed E-state index contributed by atoms with van der Waals surface area (Å²) in [6.07, 6.45) is 3.29. The quantitative estimate of drug-likeness (QED) is 0.820. The van der Waals surface area contributed by atoms with Crippen molar-refractivity contribution in [3.63, 3.8) is 0 Å². The van der Waals surface area contributed by atoms with E-state index in [0.29, 0.717) is 23.6 Å². The lowest BCUT2D eigenvalue weighted by Crippen LogP contribution is -2.40. The topological polar surface area (TPSA) is 67.2 Å². The van der Waals surface area contributed by atoms with Gasteiger partial charge in [-0.2, -0.15) is 5.10 Å². The van der Waals surface area contributed by atoms with Gasteiger partial charge in [0.05, 0.1) is 11.2 Å². The third-order valence-electron chi connectivity index (χ3n) is 4.01. The fourth-order valence-electron chi connectivity index (χ4n) is 2.52. The maximum Gasteiger partial charge on any atom is 0.255 e. The van der Waals surface area contributed by atoms with Crippen molar-refractivity contribution >= 4 is 5.91 Å². The summed E-state index contributed by atoms with van der Waals surface area (Å²) in [7, 11) is 1.79. The molecule has 1 unspecified atom stereocenters. The number of carbonyl (C=O) groups excluding carboxylic acids is 1. The number of nitrogens with one attached hydrogen (secondary N) is 1. The Bertz CT molecular complexity index is 675. The highest BCUT2D eigenvalue weighted by Gasteiger charge is 2.23. The Hall–Kier alpha value is -2.14. The van der Waals surface area contributed by atoms with E-state index < -0.39 is 5.60 Å². The number of carbonyl (C=O) groups is 1. The molecular weight excluding hydrogens is 302 g/mol. The highest BCUT2D eigenvalue weighted by molar-refractivity contribution is 5.99. The van der Waals surface area contributed by atoms with Crippen molar-refractivity contribution in [2.45, 2.75) is 39.2 Å². The number of nitrogens with zero attached hydrogens (tertiary/aromatic N) is 2. The lowest BCUT2D eigenvalue weighted by atomic mass is 9.95. The van der Waals surface area contributed by atoms with Crippen LogP contribution in [0.4, 0.5) is 0 Å². The maximum atomic E-state index is 12.6. The largest absolute Gasteiger partial charge is 0.388 e. The van der Waals surface area contributed by atoms with Crippen molar-refractivity contribution in [1.82, 2.24) is 15.1 Å². The first-order chi connectivity index (χ1) is 11.3. The number of benzene rings is 1. The van der Waals surface area contributed by atoms with Gasteiger partial charge in [0, 0.05) is 25.4 Å². The lowest BCUT2D eigenvalue weighted by molar-refractivity contribution is 0.0429. The van der Waals surface area contributed by atoms with E-state index in [2.05, 4.69) is 24.3 Å². The Morgan fingerprint density at radius 1 is 1.33 bits per heavy atom. The molecule has 130 valence electrons. The van der Waals surface area contributed by atoms with Crippen LogP contribution in [-0.4, -0.2) is 32.9 Å². The molecule has 5 heteroatoms. The van der Waals surface area contributed by atoms with Crippen LogP contribution in [0.3, 0.4) is 0 Å². The molecule has 2 rings (SSSR count). The van der Waals surface area contributed by atoms with Gasteiger partial charge in [-0.15, -0.1) is 0 Å². The van der Waals surface area contributed by atoms with Crippen LogP contribution in [0.2, 0.25) is 0 Å². The van der Waals surface area contributed by atoms with Crippen molar-refractivity contribution in [2.75, 3.05) is 6.54 Å². The molecule has 1 heterocycles. The first-order valence-corrected chi connectivity index (χ1v) is 8.38. The molecular formula is C19H27N3O2. The molecule has 0 aliphatic heterocycles. The Kier molecular flexibility index (Phi) is 5.78. The fraction of sp³-hybridized carbons (Fsp3) is 0.474. The van der Waals surface area contributed by atoms with Gasteiger partial charge in [-0.25, -0.2) is 0 Å². The van der Waals surface area contributed by atoms with Crippen LogP contribution >= 0.6 is 0 Å². The molecule has 0 bridgehead atoms. The minimum Gasteiger partial charge on any atom is -0.388 e. The van der Waals surface area contributed by atoms with Crippen molar-refractivity contribution in [3.8, 4) is 11.3 Å². The number of aryl methyl sites for hydroxylation is 1. The van der Waals surface area contributed by atoms with Crippen LogP contribution in [0.25, 0.3) is 11.3 Å². The zero-order valence-corrected chi connectivity index (χ0v) is 14.9. The Labute approximate surface area is 143 Å². The summed E-state index contributed by atoms with van der Waals surface area (Å²) in [6.45, 7) is 6.23. The van der Waals surface area contributed by atoms with Crippen LogP contribution in [-0.2, 0) is 7.05 Å².